The SMILES string of the molecule is COC(=O)C[C@@H](NC(=O)CCC(C)NC(=O)OCC1c2ccccc2-c2ccccc21)C(=O)O. The number of rotatable bonds is 10. The number of carbonyl (C=O) groups is 4. The van der Waals surface area contributed by atoms with Gasteiger partial charge in [-0.05, 0) is 35.6 Å². The Bertz CT molecular complexity index is 1020. The summed E-state index contributed by atoms with van der Waals surface area (Å²) in [6, 6.07) is 14.3. The summed E-state index contributed by atoms with van der Waals surface area (Å²) in [6.07, 6.45) is -0.828. The highest BCUT2D eigenvalue weighted by atomic mass is 16.5. The van der Waals surface area contributed by atoms with Crippen LogP contribution in [0.15, 0.2) is 48.5 Å². The Morgan fingerprint density at radius 3 is 2.12 bits per heavy atom. The fraction of sp³-hybridized carbons (Fsp3) is 0.360. The Morgan fingerprint density at radius 1 is 0.971 bits per heavy atom. The van der Waals surface area contributed by atoms with Crippen LogP contribution < -0.4 is 10.6 Å². The number of aliphatic carboxylic acids is 1. The number of fused-ring (bicyclic) bond motifs is 3. The minimum atomic E-state index is -1.37. The van der Waals surface area contributed by atoms with Crippen LogP contribution in [0.3, 0.4) is 0 Å². The van der Waals surface area contributed by atoms with E-state index < -0.39 is 36.4 Å². The van der Waals surface area contributed by atoms with Crippen LogP contribution in [0.2, 0.25) is 0 Å². The van der Waals surface area contributed by atoms with Gasteiger partial charge in [-0.25, -0.2) is 9.59 Å². The van der Waals surface area contributed by atoms with Gasteiger partial charge < -0.3 is 25.2 Å². The van der Waals surface area contributed by atoms with Crippen LogP contribution >= 0.6 is 0 Å². The molecule has 0 aromatic heterocycles. The highest BCUT2D eigenvalue weighted by Gasteiger charge is 2.29. The maximum Gasteiger partial charge on any atom is 0.407 e. The number of alkyl carbamates (subject to hydrolysis) is 1. The van der Waals surface area contributed by atoms with Crippen LogP contribution in [0.5, 0.6) is 0 Å². The van der Waals surface area contributed by atoms with Gasteiger partial charge in [-0.3, -0.25) is 9.59 Å². The van der Waals surface area contributed by atoms with Gasteiger partial charge in [0.1, 0.15) is 12.6 Å². The van der Waals surface area contributed by atoms with E-state index in [1.54, 1.807) is 6.92 Å². The number of carboxylic acids is 1. The molecule has 2 amide bonds. The first-order valence-electron chi connectivity index (χ1n) is 11.0. The van der Waals surface area contributed by atoms with Gasteiger partial charge in [-0.2, -0.15) is 0 Å². The van der Waals surface area contributed by atoms with Crippen LogP contribution in [0.25, 0.3) is 11.1 Å². The van der Waals surface area contributed by atoms with Crippen molar-refractivity contribution in [3.8, 4) is 11.1 Å². The van der Waals surface area contributed by atoms with E-state index in [-0.39, 0.29) is 31.4 Å². The fourth-order valence-corrected chi connectivity index (χ4v) is 3.98. The summed E-state index contributed by atoms with van der Waals surface area (Å²) in [4.78, 5) is 46.9. The zero-order valence-corrected chi connectivity index (χ0v) is 19.1. The first kappa shape index (κ1) is 24.8. The minimum absolute atomic E-state index is 0.0320. The van der Waals surface area contributed by atoms with Crippen molar-refractivity contribution in [1.29, 1.82) is 0 Å². The molecule has 0 radical (unpaired) electrons. The van der Waals surface area contributed by atoms with Crippen molar-refractivity contribution in [2.45, 2.75) is 44.2 Å². The molecular formula is C25H28N2O7. The normalized spacial score (nSPS) is 13.7. The summed E-state index contributed by atoms with van der Waals surface area (Å²) in [7, 11) is 1.14. The molecular weight excluding hydrogens is 440 g/mol. The average molecular weight is 469 g/mol. The Kier molecular flexibility index (Phi) is 8.24. The van der Waals surface area contributed by atoms with Gasteiger partial charge in [0.2, 0.25) is 5.91 Å². The molecule has 0 heterocycles. The lowest BCUT2D eigenvalue weighted by Gasteiger charge is -2.18. The zero-order valence-electron chi connectivity index (χ0n) is 19.1. The molecule has 9 heteroatoms. The Balaban J connectivity index is 1.46. The number of hydrogen-bond donors (Lipinski definition) is 3. The lowest BCUT2D eigenvalue weighted by Crippen LogP contribution is -2.43. The Labute approximate surface area is 197 Å². The number of hydrogen-bond acceptors (Lipinski definition) is 6. The molecule has 2 aromatic rings. The molecule has 180 valence electrons. The third-order valence-electron chi connectivity index (χ3n) is 5.74. The van der Waals surface area contributed by atoms with Crippen molar-refractivity contribution >= 4 is 23.9 Å². The van der Waals surface area contributed by atoms with Gasteiger partial charge in [-0.1, -0.05) is 48.5 Å². The summed E-state index contributed by atoms with van der Waals surface area (Å²) >= 11 is 0. The van der Waals surface area contributed by atoms with Crippen molar-refractivity contribution in [3.05, 3.63) is 59.7 Å². The molecule has 0 fully saturated rings. The molecule has 1 aliphatic carbocycles. The first-order chi connectivity index (χ1) is 16.3. The molecule has 3 N–H and O–H groups in total. The van der Waals surface area contributed by atoms with Crippen LogP contribution in [0, 0.1) is 0 Å². The summed E-state index contributed by atoms with van der Waals surface area (Å²) in [5, 5.41) is 14.1. The molecule has 2 atom stereocenters. The second-order valence-corrected chi connectivity index (χ2v) is 8.15. The predicted molar refractivity (Wildman–Crippen MR) is 123 cm³/mol. The van der Waals surface area contributed by atoms with Crippen molar-refractivity contribution < 1.29 is 33.8 Å². The molecule has 1 unspecified atom stereocenters. The number of carbonyl (C=O) groups excluding carboxylic acids is 3. The van der Waals surface area contributed by atoms with Crippen LogP contribution in [0.1, 0.15) is 43.2 Å². The number of nitrogens with one attached hydrogen (secondary N) is 2. The molecule has 0 saturated carbocycles. The molecule has 34 heavy (non-hydrogen) atoms. The zero-order chi connectivity index (χ0) is 24.7. The monoisotopic (exact) mass is 468 g/mol. The van der Waals surface area contributed by atoms with E-state index >= 15 is 0 Å². The Hall–Kier alpha value is -3.88. The standard InChI is InChI=1S/C25H28N2O7/c1-15(11-12-22(28)27-21(24(30)31)13-23(29)33-2)26-25(32)34-14-20-18-9-5-3-7-16(18)17-8-4-6-10-19(17)20/h3-10,15,20-21H,11-14H2,1-2H3,(H,26,32)(H,27,28)(H,30,31)/t15?,21-/m1/s1. The summed E-state index contributed by atoms with van der Waals surface area (Å²) in [5.41, 5.74) is 4.50. The van der Waals surface area contributed by atoms with E-state index in [0.717, 1.165) is 29.4 Å². The predicted octanol–water partition coefficient (Wildman–Crippen LogP) is 2.83. The average Bonchev–Trinajstić information content (AvgIpc) is 3.14. The van der Waals surface area contributed by atoms with E-state index in [0.29, 0.717) is 0 Å². The van der Waals surface area contributed by atoms with Crippen LogP contribution in [-0.2, 0) is 23.9 Å². The number of esters is 1. The fourth-order valence-electron chi connectivity index (χ4n) is 3.98. The third kappa shape index (κ3) is 6.12. The molecule has 0 aliphatic heterocycles. The van der Waals surface area contributed by atoms with E-state index in [9.17, 15) is 19.2 Å². The second kappa shape index (κ2) is 11.3. The molecule has 0 bridgehead atoms. The first-order valence-corrected chi connectivity index (χ1v) is 11.0. The lowest BCUT2D eigenvalue weighted by atomic mass is 9.98. The molecule has 0 saturated heterocycles. The van der Waals surface area contributed by atoms with Crippen molar-refractivity contribution in [3.63, 3.8) is 0 Å². The molecule has 9 nitrogen and oxygen atoms in total. The number of ether oxygens (including phenoxy) is 2. The van der Waals surface area contributed by atoms with E-state index in [4.69, 9.17) is 9.84 Å². The third-order valence-corrected chi connectivity index (χ3v) is 5.74. The van der Waals surface area contributed by atoms with E-state index in [1.165, 1.54) is 0 Å². The number of methoxy groups -OCH3 is 1. The smallest absolute Gasteiger partial charge is 0.407 e. The minimum Gasteiger partial charge on any atom is -0.480 e. The topological polar surface area (TPSA) is 131 Å². The van der Waals surface area contributed by atoms with Crippen molar-refractivity contribution in [2.24, 2.45) is 0 Å². The van der Waals surface area contributed by atoms with Gasteiger partial charge in [0, 0.05) is 18.4 Å². The maximum atomic E-state index is 12.3. The summed E-state index contributed by atoms with van der Waals surface area (Å²) in [5.74, 6) is -2.67. The number of benzene rings is 2. The molecule has 2 aromatic carbocycles. The highest BCUT2D eigenvalue weighted by molar-refractivity contribution is 5.87. The summed E-state index contributed by atoms with van der Waals surface area (Å²) in [6.45, 7) is 1.90. The number of carboxylic acid groups (broad SMARTS) is 1. The van der Waals surface area contributed by atoms with Gasteiger partial charge in [0.25, 0.3) is 0 Å². The van der Waals surface area contributed by atoms with Gasteiger partial charge >= 0.3 is 18.0 Å². The lowest BCUT2D eigenvalue weighted by molar-refractivity contribution is -0.148. The largest absolute Gasteiger partial charge is 0.480 e. The summed E-state index contributed by atoms with van der Waals surface area (Å²) < 4.78 is 9.93. The van der Waals surface area contributed by atoms with Crippen molar-refractivity contribution in [2.75, 3.05) is 13.7 Å². The number of amides is 2. The van der Waals surface area contributed by atoms with Crippen LogP contribution in [-0.4, -0.2) is 54.8 Å². The molecule has 1 aliphatic rings. The van der Waals surface area contributed by atoms with Gasteiger partial charge in [0.05, 0.1) is 13.5 Å². The van der Waals surface area contributed by atoms with E-state index in [2.05, 4.69) is 27.5 Å². The quantitative estimate of drug-likeness (QED) is 0.457. The highest BCUT2D eigenvalue weighted by Crippen LogP contribution is 2.44. The van der Waals surface area contributed by atoms with Gasteiger partial charge in [0.15, 0.2) is 0 Å². The maximum absolute atomic E-state index is 12.3. The second-order valence-electron chi connectivity index (χ2n) is 8.15. The van der Waals surface area contributed by atoms with Crippen LogP contribution in [0.4, 0.5) is 4.79 Å². The Morgan fingerprint density at radius 2 is 1.56 bits per heavy atom. The van der Waals surface area contributed by atoms with Crippen molar-refractivity contribution in [1.82, 2.24) is 10.6 Å². The van der Waals surface area contributed by atoms with E-state index in [1.807, 2.05) is 36.4 Å². The van der Waals surface area contributed by atoms with Gasteiger partial charge in [-0.15, -0.1) is 0 Å². The molecule has 3 rings (SSSR count). The molecule has 0 spiro atoms.